The summed E-state index contributed by atoms with van der Waals surface area (Å²) in [6.45, 7) is 0. The highest BCUT2D eigenvalue weighted by atomic mass is 16.6. The molecule has 0 aliphatic heterocycles. The van der Waals surface area contributed by atoms with Gasteiger partial charge in [-0.2, -0.15) is 5.11 Å². The van der Waals surface area contributed by atoms with E-state index in [0.29, 0.717) is 16.6 Å². The van der Waals surface area contributed by atoms with E-state index in [0.717, 1.165) is 5.69 Å². The van der Waals surface area contributed by atoms with E-state index in [1.807, 2.05) is 30.3 Å². The van der Waals surface area contributed by atoms with E-state index in [4.69, 9.17) is 0 Å². The third-order valence-electron chi connectivity index (χ3n) is 4.24. The normalized spacial score (nSPS) is 11.3. The molecule has 138 valence electrons. The third kappa shape index (κ3) is 3.03. The molecule has 0 fully saturated rings. The molecule has 1 heterocycles. The van der Waals surface area contributed by atoms with Crippen molar-refractivity contribution in [1.82, 2.24) is 4.57 Å². The molecule has 1 aromatic heterocycles. The Morgan fingerprint density at radius 3 is 2.29 bits per heavy atom. The van der Waals surface area contributed by atoms with Gasteiger partial charge in [-0.3, -0.25) is 14.7 Å². The Labute approximate surface area is 158 Å². The molecule has 2 N–H and O–H groups in total. The molecular weight excluding hydrogens is 360 g/mol. The first kappa shape index (κ1) is 17.2. The van der Waals surface area contributed by atoms with Crippen LogP contribution in [0, 0.1) is 10.1 Å². The molecule has 4 aromatic rings. The predicted molar refractivity (Wildman–Crippen MR) is 104 cm³/mol. The molecular formula is C20H14N4O4. The van der Waals surface area contributed by atoms with Crippen LogP contribution < -0.4 is 0 Å². The molecule has 0 atom stereocenters. The molecule has 0 saturated heterocycles. The van der Waals surface area contributed by atoms with Crippen molar-refractivity contribution in [3.05, 3.63) is 82.9 Å². The lowest BCUT2D eigenvalue weighted by Gasteiger charge is -2.06. The lowest BCUT2D eigenvalue weighted by Crippen LogP contribution is -1.91. The quantitative estimate of drug-likeness (QED) is 0.284. The van der Waals surface area contributed by atoms with E-state index in [1.165, 1.54) is 36.4 Å². The van der Waals surface area contributed by atoms with Gasteiger partial charge in [0.25, 0.3) is 5.69 Å². The van der Waals surface area contributed by atoms with Gasteiger partial charge in [0.2, 0.25) is 5.88 Å². The van der Waals surface area contributed by atoms with E-state index in [2.05, 4.69) is 10.2 Å². The molecule has 8 heteroatoms. The van der Waals surface area contributed by atoms with Crippen LogP contribution in [-0.2, 0) is 0 Å². The monoisotopic (exact) mass is 374 g/mol. The van der Waals surface area contributed by atoms with Crippen molar-refractivity contribution in [3.8, 4) is 17.3 Å². The minimum Gasteiger partial charge on any atom is -0.508 e. The van der Waals surface area contributed by atoms with Crippen LogP contribution in [-0.4, -0.2) is 19.7 Å². The van der Waals surface area contributed by atoms with Crippen LogP contribution in [0.3, 0.4) is 0 Å². The average molecular weight is 374 g/mol. The summed E-state index contributed by atoms with van der Waals surface area (Å²) in [5.41, 5.74) is 1.91. The fraction of sp³-hybridized carbons (Fsp3) is 0. The highest BCUT2D eigenvalue weighted by Crippen LogP contribution is 2.42. The van der Waals surface area contributed by atoms with Gasteiger partial charge in [0.05, 0.1) is 16.1 Å². The van der Waals surface area contributed by atoms with E-state index in [-0.39, 0.29) is 23.0 Å². The molecule has 28 heavy (non-hydrogen) atoms. The summed E-state index contributed by atoms with van der Waals surface area (Å²) in [4.78, 5) is 10.2. The Kier molecular flexibility index (Phi) is 4.21. The lowest BCUT2D eigenvalue weighted by molar-refractivity contribution is -0.384. The minimum atomic E-state index is -0.497. The number of aromatic hydroxyl groups is 2. The maximum Gasteiger partial charge on any atom is 0.269 e. The molecule has 0 unspecified atom stereocenters. The number of rotatable bonds is 4. The van der Waals surface area contributed by atoms with Gasteiger partial charge in [-0.1, -0.05) is 18.2 Å². The van der Waals surface area contributed by atoms with Crippen LogP contribution in [0.4, 0.5) is 17.1 Å². The number of fused-ring (bicyclic) bond motifs is 1. The Balaban J connectivity index is 1.83. The zero-order valence-corrected chi connectivity index (χ0v) is 14.4. The van der Waals surface area contributed by atoms with Gasteiger partial charge in [-0.15, -0.1) is 5.11 Å². The van der Waals surface area contributed by atoms with Crippen molar-refractivity contribution in [2.24, 2.45) is 10.2 Å². The lowest BCUT2D eigenvalue weighted by atomic mass is 10.2. The topological polar surface area (TPSA) is 113 Å². The van der Waals surface area contributed by atoms with E-state index < -0.39 is 4.92 Å². The van der Waals surface area contributed by atoms with Crippen LogP contribution in [0.1, 0.15) is 0 Å². The smallest absolute Gasteiger partial charge is 0.269 e. The summed E-state index contributed by atoms with van der Waals surface area (Å²) in [5, 5.41) is 40.1. The molecule has 0 saturated carbocycles. The predicted octanol–water partition coefficient (Wildman–Crippen LogP) is 5.37. The molecule has 4 rings (SSSR count). The SMILES string of the molecule is O=[N+]([O-])c1ccc(N=Nc2c(O)n(-c3ccccc3)c3ccc(O)cc23)cc1. The van der Waals surface area contributed by atoms with Crippen molar-refractivity contribution < 1.29 is 15.1 Å². The van der Waals surface area contributed by atoms with Crippen molar-refractivity contribution in [3.63, 3.8) is 0 Å². The number of aromatic nitrogens is 1. The van der Waals surface area contributed by atoms with Crippen molar-refractivity contribution in [2.75, 3.05) is 0 Å². The van der Waals surface area contributed by atoms with Crippen LogP contribution in [0.5, 0.6) is 11.6 Å². The van der Waals surface area contributed by atoms with E-state index in [1.54, 1.807) is 10.6 Å². The molecule has 0 aliphatic rings. The second-order valence-electron chi connectivity index (χ2n) is 6.02. The number of hydrogen-bond donors (Lipinski definition) is 2. The molecule has 0 aliphatic carbocycles. The molecule has 3 aromatic carbocycles. The number of nitro benzene ring substituents is 1. The van der Waals surface area contributed by atoms with Gasteiger partial charge in [-0.25, -0.2) is 0 Å². The van der Waals surface area contributed by atoms with Crippen LogP contribution in [0.15, 0.2) is 83.0 Å². The molecule has 0 bridgehead atoms. The molecule has 8 nitrogen and oxygen atoms in total. The first-order chi connectivity index (χ1) is 13.5. The van der Waals surface area contributed by atoms with Gasteiger partial charge in [0, 0.05) is 23.2 Å². The summed E-state index contributed by atoms with van der Waals surface area (Å²) in [7, 11) is 0. The van der Waals surface area contributed by atoms with Crippen molar-refractivity contribution in [1.29, 1.82) is 0 Å². The third-order valence-corrected chi connectivity index (χ3v) is 4.24. The number of benzene rings is 3. The van der Waals surface area contributed by atoms with Crippen LogP contribution >= 0.6 is 0 Å². The van der Waals surface area contributed by atoms with Crippen LogP contribution in [0.25, 0.3) is 16.6 Å². The maximum absolute atomic E-state index is 10.8. The summed E-state index contributed by atoms with van der Waals surface area (Å²) >= 11 is 0. The van der Waals surface area contributed by atoms with Crippen LogP contribution in [0.2, 0.25) is 0 Å². The second-order valence-corrected chi connectivity index (χ2v) is 6.02. The summed E-state index contributed by atoms with van der Waals surface area (Å²) in [6, 6.07) is 19.5. The molecule has 0 amide bonds. The van der Waals surface area contributed by atoms with Gasteiger partial charge in [0.15, 0.2) is 5.69 Å². The van der Waals surface area contributed by atoms with Gasteiger partial charge < -0.3 is 10.2 Å². The number of hydrogen-bond acceptors (Lipinski definition) is 6. The fourth-order valence-corrected chi connectivity index (χ4v) is 2.93. The summed E-state index contributed by atoms with van der Waals surface area (Å²) in [5.74, 6) is -0.0954. The molecule has 0 radical (unpaired) electrons. The first-order valence-electron chi connectivity index (χ1n) is 8.32. The second kappa shape index (κ2) is 6.84. The fourth-order valence-electron chi connectivity index (χ4n) is 2.93. The highest BCUT2D eigenvalue weighted by molar-refractivity contribution is 5.97. The number of non-ortho nitro benzene ring substituents is 1. The van der Waals surface area contributed by atoms with Crippen molar-refractivity contribution in [2.45, 2.75) is 0 Å². The van der Waals surface area contributed by atoms with Gasteiger partial charge >= 0.3 is 0 Å². The maximum atomic E-state index is 10.8. The first-order valence-corrected chi connectivity index (χ1v) is 8.32. The van der Waals surface area contributed by atoms with E-state index >= 15 is 0 Å². The minimum absolute atomic E-state index is 0.0319. The Morgan fingerprint density at radius 1 is 0.893 bits per heavy atom. The average Bonchev–Trinajstić information content (AvgIpc) is 2.98. The highest BCUT2D eigenvalue weighted by Gasteiger charge is 2.18. The Morgan fingerprint density at radius 2 is 1.61 bits per heavy atom. The Bertz CT molecular complexity index is 1200. The van der Waals surface area contributed by atoms with Gasteiger partial charge in [0.1, 0.15) is 5.75 Å². The van der Waals surface area contributed by atoms with E-state index in [9.17, 15) is 20.3 Å². The van der Waals surface area contributed by atoms with Gasteiger partial charge in [-0.05, 0) is 42.5 Å². The zero-order valence-electron chi connectivity index (χ0n) is 14.4. The number of azo groups is 1. The van der Waals surface area contributed by atoms with Crippen molar-refractivity contribution >= 4 is 28.0 Å². The number of phenolic OH excluding ortho intramolecular Hbond substituents is 1. The standard InChI is InChI=1S/C20H14N4O4/c25-16-10-11-18-17(12-16)19(20(26)23(18)14-4-2-1-3-5-14)22-21-13-6-8-15(9-7-13)24(27)28/h1-12,25-26H. The Hall–Kier alpha value is -4.20. The summed E-state index contributed by atoms with van der Waals surface area (Å²) < 4.78 is 1.61. The summed E-state index contributed by atoms with van der Waals surface area (Å²) in [6.07, 6.45) is 0. The molecule has 0 spiro atoms. The number of phenols is 1. The zero-order chi connectivity index (χ0) is 19.7. The number of para-hydroxylation sites is 1. The number of nitrogens with zero attached hydrogens (tertiary/aromatic N) is 4. The number of nitro groups is 1. The largest absolute Gasteiger partial charge is 0.508 e.